The van der Waals surface area contributed by atoms with Crippen molar-refractivity contribution in [3.8, 4) is 0 Å². The molecule has 30 heavy (non-hydrogen) atoms. The number of carbonyl (C=O) groups excluding carboxylic acids is 4. The number of rotatable bonds is 12. The molecule has 1 unspecified atom stereocenters. The van der Waals surface area contributed by atoms with Crippen molar-refractivity contribution in [3.05, 3.63) is 0 Å². The molecule has 3 amide bonds. The molecule has 0 spiro atoms. The Labute approximate surface area is 177 Å². The molecule has 0 bridgehead atoms. The first-order chi connectivity index (χ1) is 14.2. The average Bonchev–Trinajstić information content (AvgIpc) is 2.71. The van der Waals surface area contributed by atoms with Gasteiger partial charge in [-0.15, -0.1) is 0 Å². The number of carbonyl (C=O) groups is 4. The van der Waals surface area contributed by atoms with Crippen molar-refractivity contribution < 1.29 is 24.3 Å². The van der Waals surface area contributed by atoms with Crippen LogP contribution >= 0.6 is 0 Å². The molecule has 0 saturated carbocycles. The molecule has 1 aliphatic heterocycles. The number of ketones is 1. The number of piperidine rings is 1. The summed E-state index contributed by atoms with van der Waals surface area (Å²) in [4.78, 5) is 49.4. The summed E-state index contributed by atoms with van der Waals surface area (Å²) in [6, 6.07) is -3.05. The van der Waals surface area contributed by atoms with Crippen molar-refractivity contribution in [2.45, 2.75) is 63.8 Å². The zero-order chi connectivity index (χ0) is 22.7. The summed E-state index contributed by atoms with van der Waals surface area (Å²) in [5.41, 5.74) is 11.0. The van der Waals surface area contributed by atoms with E-state index in [1.165, 1.54) is 13.8 Å². The Kier molecular flexibility index (Phi) is 11.5. The molecule has 1 heterocycles. The molecule has 1 saturated heterocycles. The summed E-state index contributed by atoms with van der Waals surface area (Å²) in [7, 11) is 0. The standard InChI is InChI=1S/C19H36N6O5/c1-11(26)14(5-7-20)23-19(30)16(12(2)27)25-18(29)15(6-8-21)24-17(28)13-4-3-9-22-10-13/h12-16,22,27H,3-10,20-21H2,1-2H3,(H,23,30)(H,24,28)(H,25,29)/t12?,13-,14-,15-,16-/m0/s1. The smallest absolute Gasteiger partial charge is 0.245 e. The van der Waals surface area contributed by atoms with Gasteiger partial charge in [0.05, 0.1) is 18.1 Å². The van der Waals surface area contributed by atoms with Gasteiger partial charge in [0.2, 0.25) is 17.7 Å². The van der Waals surface area contributed by atoms with Crippen LogP contribution in [0.15, 0.2) is 0 Å². The highest BCUT2D eigenvalue weighted by molar-refractivity contribution is 5.94. The minimum absolute atomic E-state index is 0.149. The molecule has 9 N–H and O–H groups in total. The number of aliphatic hydroxyl groups is 1. The summed E-state index contributed by atoms with van der Waals surface area (Å²) in [6.45, 7) is 4.40. The Balaban J connectivity index is 2.79. The topological polar surface area (TPSA) is 189 Å². The van der Waals surface area contributed by atoms with Crippen molar-refractivity contribution in [3.63, 3.8) is 0 Å². The molecule has 172 valence electrons. The molecule has 1 rings (SSSR count). The van der Waals surface area contributed by atoms with E-state index >= 15 is 0 Å². The van der Waals surface area contributed by atoms with Crippen molar-refractivity contribution in [1.29, 1.82) is 0 Å². The first kappa shape index (κ1) is 26.0. The Hall–Kier alpha value is -2.08. The minimum atomic E-state index is -1.30. The lowest BCUT2D eigenvalue weighted by atomic mass is 9.98. The first-order valence-electron chi connectivity index (χ1n) is 10.4. The van der Waals surface area contributed by atoms with E-state index in [-0.39, 0.29) is 43.5 Å². The van der Waals surface area contributed by atoms with Crippen molar-refractivity contribution in [2.75, 3.05) is 26.2 Å². The summed E-state index contributed by atoms with van der Waals surface area (Å²) >= 11 is 0. The zero-order valence-electron chi connectivity index (χ0n) is 17.8. The third-order valence-electron chi connectivity index (χ3n) is 5.08. The Morgan fingerprint density at radius 3 is 2.17 bits per heavy atom. The average molecular weight is 429 g/mol. The van der Waals surface area contributed by atoms with Gasteiger partial charge >= 0.3 is 0 Å². The maximum atomic E-state index is 12.7. The maximum absolute atomic E-state index is 12.7. The van der Waals surface area contributed by atoms with Gasteiger partial charge in [-0.2, -0.15) is 0 Å². The lowest BCUT2D eigenvalue weighted by Gasteiger charge is -2.28. The van der Waals surface area contributed by atoms with E-state index in [1.54, 1.807) is 0 Å². The predicted octanol–water partition coefficient (Wildman–Crippen LogP) is -2.89. The molecule has 5 atom stereocenters. The Morgan fingerprint density at radius 1 is 1.03 bits per heavy atom. The maximum Gasteiger partial charge on any atom is 0.245 e. The number of Topliss-reactive ketones (excluding diaryl/α,β-unsaturated/α-hetero) is 1. The molecule has 11 heteroatoms. The van der Waals surface area contributed by atoms with E-state index in [4.69, 9.17) is 11.5 Å². The van der Waals surface area contributed by atoms with Gasteiger partial charge < -0.3 is 37.8 Å². The van der Waals surface area contributed by atoms with Crippen LogP contribution in [0.1, 0.15) is 39.5 Å². The van der Waals surface area contributed by atoms with Crippen LogP contribution in [0.4, 0.5) is 0 Å². The van der Waals surface area contributed by atoms with Crippen LogP contribution in [0, 0.1) is 5.92 Å². The SMILES string of the molecule is CC(=O)[C@H](CCN)NC(=O)[C@@H](NC(=O)[C@H](CCN)NC(=O)[C@H]1CCCNC1)C(C)O. The van der Waals surface area contributed by atoms with Crippen LogP contribution in [-0.2, 0) is 19.2 Å². The summed E-state index contributed by atoms with van der Waals surface area (Å²) < 4.78 is 0. The van der Waals surface area contributed by atoms with E-state index in [1.807, 2.05) is 0 Å². The van der Waals surface area contributed by atoms with Crippen LogP contribution in [0.2, 0.25) is 0 Å². The number of hydrogen-bond acceptors (Lipinski definition) is 8. The molecule has 11 nitrogen and oxygen atoms in total. The molecular weight excluding hydrogens is 392 g/mol. The fraction of sp³-hybridized carbons (Fsp3) is 0.789. The van der Waals surface area contributed by atoms with Crippen molar-refractivity contribution in [1.82, 2.24) is 21.3 Å². The number of nitrogens with two attached hydrogens (primary N) is 2. The largest absolute Gasteiger partial charge is 0.391 e. The molecular formula is C19H36N6O5. The Morgan fingerprint density at radius 2 is 1.67 bits per heavy atom. The van der Waals surface area contributed by atoms with Gasteiger partial charge in [-0.3, -0.25) is 19.2 Å². The van der Waals surface area contributed by atoms with Crippen LogP contribution < -0.4 is 32.7 Å². The Bertz CT molecular complexity index is 594. The summed E-state index contributed by atoms with van der Waals surface area (Å²) in [5.74, 6) is -2.11. The zero-order valence-corrected chi connectivity index (χ0v) is 17.8. The second-order valence-corrected chi connectivity index (χ2v) is 7.66. The highest BCUT2D eigenvalue weighted by Gasteiger charge is 2.32. The second kappa shape index (κ2) is 13.3. The fourth-order valence-corrected chi connectivity index (χ4v) is 3.26. The summed E-state index contributed by atoms with van der Waals surface area (Å²) in [6.07, 6.45) is 0.784. The van der Waals surface area contributed by atoms with E-state index in [2.05, 4.69) is 21.3 Å². The number of nitrogens with one attached hydrogen (secondary N) is 4. The fourth-order valence-electron chi connectivity index (χ4n) is 3.26. The quantitative estimate of drug-likeness (QED) is 0.172. The summed E-state index contributed by atoms with van der Waals surface area (Å²) in [5, 5.41) is 20.8. The molecule has 0 aliphatic carbocycles. The number of amides is 3. The number of aliphatic hydroxyl groups excluding tert-OH is 1. The van der Waals surface area contributed by atoms with Gasteiger partial charge in [0.1, 0.15) is 12.1 Å². The van der Waals surface area contributed by atoms with E-state index in [0.29, 0.717) is 6.54 Å². The van der Waals surface area contributed by atoms with Gasteiger partial charge in [-0.25, -0.2) is 0 Å². The lowest BCUT2D eigenvalue weighted by molar-refractivity contribution is -0.136. The highest BCUT2D eigenvalue weighted by atomic mass is 16.3. The number of hydrogen-bond donors (Lipinski definition) is 7. The van der Waals surface area contributed by atoms with E-state index < -0.39 is 36.0 Å². The van der Waals surface area contributed by atoms with Crippen molar-refractivity contribution >= 4 is 23.5 Å². The molecule has 0 radical (unpaired) electrons. The molecule has 1 fully saturated rings. The van der Waals surface area contributed by atoms with Gasteiger partial charge in [-0.1, -0.05) is 0 Å². The van der Waals surface area contributed by atoms with Crippen LogP contribution in [0.5, 0.6) is 0 Å². The normalized spacial score (nSPS) is 20.4. The molecule has 0 aromatic rings. The third kappa shape index (κ3) is 8.34. The third-order valence-corrected chi connectivity index (χ3v) is 5.08. The monoisotopic (exact) mass is 428 g/mol. The van der Waals surface area contributed by atoms with E-state index in [0.717, 1.165) is 19.4 Å². The van der Waals surface area contributed by atoms with Crippen molar-refractivity contribution in [2.24, 2.45) is 17.4 Å². The van der Waals surface area contributed by atoms with Gasteiger partial charge in [0.15, 0.2) is 5.78 Å². The van der Waals surface area contributed by atoms with E-state index in [9.17, 15) is 24.3 Å². The van der Waals surface area contributed by atoms with Crippen LogP contribution in [0.25, 0.3) is 0 Å². The van der Waals surface area contributed by atoms with Crippen LogP contribution in [-0.4, -0.2) is 79.0 Å². The highest BCUT2D eigenvalue weighted by Crippen LogP contribution is 2.10. The minimum Gasteiger partial charge on any atom is -0.391 e. The molecule has 0 aromatic heterocycles. The van der Waals surface area contributed by atoms with Gasteiger partial charge in [-0.05, 0) is 59.2 Å². The van der Waals surface area contributed by atoms with Gasteiger partial charge in [0, 0.05) is 6.54 Å². The van der Waals surface area contributed by atoms with Gasteiger partial charge in [0.25, 0.3) is 0 Å². The lowest BCUT2D eigenvalue weighted by Crippen LogP contribution is -2.59. The molecule has 1 aliphatic rings. The first-order valence-corrected chi connectivity index (χ1v) is 10.4. The molecule has 0 aromatic carbocycles. The second-order valence-electron chi connectivity index (χ2n) is 7.66. The predicted molar refractivity (Wildman–Crippen MR) is 111 cm³/mol. The van der Waals surface area contributed by atoms with Crippen LogP contribution in [0.3, 0.4) is 0 Å².